The molecule has 0 N–H and O–H groups in total. The minimum absolute atomic E-state index is 0.0273. The smallest absolute Gasteiger partial charge is 0.194 e. The zero-order valence-electron chi connectivity index (χ0n) is 18.2. The average Bonchev–Trinajstić information content (AvgIpc) is 2.79. The van der Waals surface area contributed by atoms with Gasteiger partial charge >= 0.3 is 0 Å². The van der Waals surface area contributed by atoms with Crippen LogP contribution in [0.1, 0.15) is 57.9 Å². The lowest BCUT2D eigenvalue weighted by atomic mass is 9.79. The molecular weight excluding hydrogens is 400 g/mol. The van der Waals surface area contributed by atoms with Gasteiger partial charge < -0.3 is 0 Å². The molecule has 0 atom stereocenters. The van der Waals surface area contributed by atoms with Gasteiger partial charge in [-0.15, -0.1) is 0 Å². The molecule has 1 aliphatic carbocycles. The van der Waals surface area contributed by atoms with Gasteiger partial charge in [-0.1, -0.05) is 70.0 Å². The standard InChI is InChI=1S/C25H22F4.C2H6/c1-15-2-4-16(5-3-15)17-6-8-18(9-7-17)19-10-11-21(22(26)12-19)20-13-23(27)25(29)24(28)14-20;1-2/h6-16H,2-5H2,1H3;1-2H3. The monoisotopic (exact) mass is 428 g/mol. The van der Waals surface area contributed by atoms with Gasteiger partial charge in [-0.3, -0.25) is 0 Å². The molecular formula is C27H28F4. The second kappa shape index (κ2) is 10.1. The average molecular weight is 429 g/mol. The first-order chi connectivity index (χ1) is 14.9. The summed E-state index contributed by atoms with van der Waals surface area (Å²) in [7, 11) is 0. The predicted octanol–water partition coefficient (Wildman–Crippen LogP) is 8.90. The zero-order chi connectivity index (χ0) is 22.5. The highest BCUT2D eigenvalue weighted by Crippen LogP contribution is 2.36. The van der Waals surface area contributed by atoms with Crippen LogP contribution in [0, 0.1) is 29.2 Å². The molecule has 3 aromatic carbocycles. The quantitative estimate of drug-likeness (QED) is 0.289. The van der Waals surface area contributed by atoms with Gasteiger partial charge in [0.2, 0.25) is 0 Å². The highest BCUT2D eigenvalue weighted by atomic mass is 19.2. The first kappa shape index (κ1) is 23.1. The summed E-state index contributed by atoms with van der Waals surface area (Å²) in [5.41, 5.74) is 2.86. The van der Waals surface area contributed by atoms with Gasteiger partial charge in [0.1, 0.15) is 5.82 Å². The Hall–Kier alpha value is -2.62. The molecule has 164 valence electrons. The van der Waals surface area contributed by atoms with Crippen molar-refractivity contribution in [3.05, 3.63) is 83.4 Å². The van der Waals surface area contributed by atoms with E-state index in [4.69, 9.17) is 0 Å². The molecule has 1 saturated carbocycles. The van der Waals surface area contributed by atoms with E-state index in [0.717, 1.165) is 23.6 Å². The molecule has 1 aliphatic rings. The van der Waals surface area contributed by atoms with Crippen molar-refractivity contribution < 1.29 is 17.6 Å². The van der Waals surface area contributed by atoms with Gasteiger partial charge in [-0.05, 0) is 65.1 Å². The van der Waals surface area contributed by atoms with Crippen LogP contribution in [0.25, 0.3) is 22.3 Å². The fourth-order valence-electron chi connectivity index (χ4n) is 4.18. The van der Waals surface area contributed by atoms with Crippen molar-refractivity contribution in [1.82, 2.24) is 0 Å². The molecule has 0 heterocycles. The normalized spacial score (nSPS) is 18.3. The van der Waals surface area contributed by atoms with Gasteiger partial charge in [0, 0.05) is 5.56 Å². The minimum Gasteiger partial charge on any atom is -0.206 e. The third-order valence-corrected chi connectivity index (χ3v) is 6.00. The molecule has 4 rings (SSSR count). The van der Waals surface area contributed by atoms with E-state index >= 15 is 0 Å². The molecule has 4 heteroatoms. The van der Waals surface area contributed by atoms with Gasteiger partial charge in [0.15, 0.2) is 17.5 Å². The van der Waals surface area contributed by atoms with E-state index in [1.165, 1.54) is 43.4 Å². The van der Waals surface area contributed by atoms with E-state index < -0.39 is 23.3 Å². The van der Waals surface area contributed by atoms with Gasteiger partial charge in [-0.25, -0.2) is 17.6 Å². The van der Waals surface area contributed by atoms with Crippen molar-refractivity contribution in [1.29, 1.82) is 0 Å². The lowest BCUT2D eigenvalue weighted by Gasteiger charge is -2.26. The van der Waals surface area contributed by atoms with Crippen LogP contribution in [0.4, 0.5) is 17.6 Å². The molecule has 0 aliphatic heterocycles. The summed E-state index contributed by atoms with van der Waals surface area (Å²) < 4.78 is 54.8. The van der Waals surface area contributed by atoms with Crippen molar-refractivity contribution >= 4 is 0 Å². The van der Waals surface area contributed by atoms with Crippen molar-refractivity contribution in [2.45, 2.75) is 52.4 Å². The van der Waals surface area contributed by atoms with Crippen LogP contribution in [-0.4, -0.2) is 0 Å². The summed E-state index contributed by atoms with van der Waals surface area (Å²) in [4.78, 5) is 0. The summed E-state index contributed by atoms with van der Waals surface area (Å²) in [6, 6.07) is 14.3. The second-order valence-corrected chi connectivity index (χ2v) is 8.03. The molecule has 0 bridgehead atoms. The number of benzene rings is 3. The second-order valence-electron chi connectivity index (χ2n) is 8.03. The molecule has 3 aromatic rings. The van der Waals surface area contributed by atoms with E-state index in [-0.39, 0.29) is 11.1 Å². The first-order valence-corrected chi connectivity index (χ1v) is 11.0. The van der Waals surface area contributed by atoms with E-state index in [2.05, 4.69) is 19.1 Å². The third kappa shape index (κ3) is 5.17. The fraction of sp³-hybridized carbons (Fsp3) is 0.333. The number of hydrogen-bond donors (Lipinski definition) is 0. The Labute approximate surface area is 181 Å². The zero-order valence-corrected chi connectivity index (χ0v) is 18.2. The lowest BCUT2D eigenvalue weighted by molar-refractivity contribution is 0.348. The molecule has 0 saturated heterocycles. The molecule has 0 aromatic heterocycles. The molecule has 1 fully saturated rings. The maximum absolute atomic E-state index is 14.7. The van der Waals surface area contributed by atoms with Crippen LogP contribution >= 0.6 is 0 Å². The Morgan fingerprint density at radius 1 is 0.613 bits per heavy atom. The number of rotatable bonds is 3. The first-order valence-electron chi connectivity index (χ1n) is 11.0. The maximum atomic E-state index is 14.7. The molecule has 0 amide bonds. The number of hydrogen-bond acceptors (Lipinski definition) is 0. The Kier molecular flexibility index (Phi) is 7.53. The van der Waals surface area contributed by atoms with Gasteiger partial charge in [0.25, 0.3) is 0 Å². The Morgan fingerprint density at radius 3 is 1.68 bits per heavy atom. The molecule has 0 nitrogen and oxygen atoms in total. The van der Waals surface area contributed by atoms with Crippen molar-refractivity contribution in [3.8, 4) is 22.3 Å². The highest BCUT2D eigenvalue weighted by molar-refractivity contribution is 5.71. The van der Waals surface area contributed by atoms with Crippen LogP contribution in [-0.2, 0) is 0 Å². The van der Waals surface area contributed by atoms with Crippen molar-refractivity contribution in [3.63, 3.8) is 0 Å². The van der Waals surface area contributed by atoms with E-state index in [1.54, 1.807) is 6.07 Å². The molecule has 0 radical (unpaired) electrons. The summed E-state index contributed by atoms with van der Waals surface area (Å²) >= 11 is 0. The molecule has 31 heavy (non-hydrogen) atoms. The third-order valence-electron chi connectivity index (χ3n) is 6.00. The van der Waals surface area contributed by atoms with Crippen molar-refractivity contribution in [2.75, 3.05) is 0 Å². The van der Waals surface area contributed by atoms with E-state index in [0.29, 0.717) is 11.5 Å². The highest BCUT2D eigenvalue weighted by Gasteiger charge is 2.20. The summed E-state index contributed by atoms with van der Waals surface area (Å²) in [5, 5.41) is 0. The molecule has 0 unspecified atom stereocenters. The lowest BCUT2D eigenvalue weighted by Crippen LogP contribution is -2.10. The van der Waals surface area contributed by atoms with Gasteiger partial charge in [0.05, 0.1) is 0 Å². The van der Waals surface area contributed by atoms with Crippen LogP contribution in [0.15, 0.2) is 54.6 Å². The largest absolute Gasteiger partial charge is 0.206 e. The van der Waals surface area contributed by atoms with Gasteiger partial charge in [-0.2, -0.15) is 0 Å². The Balaban J connectivity index is 0.00000132. The van der Waals surface area contributed by atoms with Crippen molar-refractivity contribution in [2.24, 2.45) is 5.92 Å². The van der Waals surface area contributed by atoms with Crippen LogP contribution in [0.3, 0.4) is 0 Å². The van der Waals surface area contributed by atoms with Crippen LogP contribution in [0.5, 0.6) is 0 Å². The maximum Gasteiger partial charge on any atom is 0.194 e. The van der Waals surface area contributed by atoms with E-state index in [9.17, 15) is 17.6 Å². The summed E-state index contributed by atoms with van der Waals surface area (Å²) in [5.74, 6) is -3.46. The van der Waals surface area contributed by atoms with Crippen LogP contribution < -0.4 is 0 Å². The van der Waals surface area contributed by atoms with Crippen LogP contribution in [0.2, 0.25) is 0 Å². The summed E-state index contributed by atoms with van der Waals surface area (Å²) in [6.45, 7) is 6.30. The fourth-order valence-corrected chi connectivity index (χ4v) is 4.18. The minimum atomic E-state index is -1.56. The Bertz CT molecular complexity index is 993. The summed E-state index contributed by atoms with van der Waals surface area (Å²) in [6.07, 6.45) is 4.91. The number of halogens is 4. The Morgan fingerprint density at radius 2 is 1.13 bits per heavy atom. The topological polar surface area (TPSA) is 0 Å². The predicted molar refractivity (Wildman–Crippen MR) is 119 cm³/mol. The SMILES string of the molecule is CC.CC1CCC(c2ccc(-c3ccc(-c4cc(F)c(F)c(F)c4)c(F)c3)cc2)CC1. The van der Waals surface area contributed by atoms with E-state index in [1.807, 2.05) is 26.0 Å². The molecule has 0 spiro atoms.